The van der Waals surface area contributed by atoms with E-state index in [2.05, 4.69) is 22.4 Å². The molecule has 18 heavy (non-hydrogen) atoms. The molecule has 94 valence electrons. The summed E-state index contributed by atoms with van der Waals surface area (Å²) in [5.41, 5.74) is 0.730. The first kappa shape index (κ1) is 11.7. The average Bonchev–Trinajstić information content (AvgIpc) is 2.99. The van der Waals surface area contributed by atoms with Gasteiger partial charge in [-0.05, 0) is 50.6 Å². The first-order chi connectivity index (χ1) is 8.67. The average molecular weight is 264 g/mol. The monoisotopic (exact) mass is 263 g/mol. The van der Waals surface area contributed by atoms with E-state index in [0.29, 0.717) is 16.7 Å². The molecule has 1 aromatic carbocycles. The van der Waals surface area contributed by atoms with Gasteiger partial charge in [-0.15, -0.1) is 0 Å². The zero-order valence-corrected chi connectivity index (χ0v) is 10.9. The molecule has 3 rings (SSSR count). The van der Waals surface area contributed by atoms with Gasteiger partial charge < -0.3 is 9.84 Å². The molecule has 1 atom stereocenters. The molecule has 0 spiro atoms. The van der Waals surface area contributed by atoms with Crippen LogP contribution in [0.25, 0.3) is 11.4 Å². The van der Waals surface area contributed by atoms with Crippen LogP contribution in [-0.4, -0.2) is 16.7 Å². The first-order valence-corrected chi connectivity index (χ1v) is 6.40. The summed E-state index contributed by atoms with van der Waals surface area (Å²) in [6.07, 6.45) is 2.16. The van der Waals surface area contributed by atoms with Gasteiger partial charge in [0.1, 0.15) is 0 Å². The minimum Gasteiger partial charge on any atom is -0.337 e. The van der Waals surface area contributed by atoms with Crippen molar-refractivity contribution in [3.05, 3.63) is 35.2 Å². The standard InChI is InChI=1S/C13H14ClN3O/c1-13(7-2-8-15-13)12-16-11(17-18-12)9-3-5-10(14)6-4-9/h3-6,15H,2,7-8H2,1H3. The molecule has 1 aliphatic heterocycles. The number of halogens is 1. The molecule has 4 nitrogen and oxygen atoms in total. The lowest BCUT2D eigenvalue weighted by atomic mass is 10.0. The highest BCUT2D eigenvalue weighted by molar-refractivity contribution is 6.30. The summed E-state index contributed by atoms with van der Waals surface area (Å²) in [4.78, 5) is 4.48. The quantitative estimate of drug-likeness (QED) is 0.905. The molecule has 1 unspecified atom stereocenters. The minimum atomic E-state index is -0.183. The normalized spacial score (nSPS) is 23.4. The molecule has 2 heterocycles. The van der Waals surface area contributed by atoms with Crippen LogP contribution in [0.15, 0.2) is 28.8 Å². The van der Waals surface area contributed by atoms with E-state index in [-0.39, 0.29) is 5.54 Å². The summed E-state index contributed by atoms with van der Waals surface area (Å²) in [6, 6.07) is 7.42. The molecule has 0 amide bonds. The summed E-state index contributed by atoms with van der Waals surface area (Å²) in [5.74, 6) is 1.27. The van der Waals surface area contributed by atoms with Gasteiger partial charge in [-0.1, -0.05) is 16.8 Å². The second-order valence-corrected chi connectivity index (χ2v) is 5.23. The fourth-order valence-electron chi connectivity index (χ4n) is 2.24. The number of aromatic nitrogens is 2. The fraction of sp³-hybridized carbons (Fsp3) is 0.385. The molecular formula is C13H14ClN3O. The van der Waals surface area contributed by atoms with Crippen LogP contribution >= 0.6 is 11.6 Å². The van der Waals surface area contributed by atoms with Crippen molar-refractivity contribution in [1.82, 2.24) is 15.5 Å². The second-order valence-electron chi connectivity index (χ2n) is 4.79. The lowest BCUT2D eigenvalue weighted by molar-refractivity contribution is 0.275. The zero-order chi connectivity index (χ0) is 12.6. The van der Waals surface area contributed by atoms with Gasteiger partial charge in [0.2, 0.25) is 11.7 Å². The summed E-state index contributed by atoms with van der Waals surface area (Å²) >= 11 is 5.86. The molecule has 1 N–H and O–H groups in total. The molecule has 0 saturated carbocycles. The number of hydrogen-bond donors (Lipinski definition) is 1. The maximum absolute atomic E-state index is 5.86. The van der Waals surface area contributed by atoms with Crippen molar-refractivity contribution < 1.29 is 4.52 Å². The van der Waals surface area contributed by atoms with E-state index in [9.17, 15) is 0 Å². The third kappa shape index (κ3) is 2.02. The molecule has 1 saturated heterocycles. The summed E-state index contributed by atoms with van der Waals surface area (Å²) < 4.78 is 5.38. The SMILES string of the molecule is CC1(c2nc(-c3ccc(Cl)cc3)no2)CCCN1. The lowest BCUT2D eigenvalue weighted by Gasteiger charge is -2.18. The summed E-state index contributed by atoms with van der Waals surface area (Å²) in [7, 11) is 0. The van der Waals surface area contributed by atoms with Gasteiger partial charge in [0.15, 0.2) is 0 Å². The van der Waals surface area contributed by atoms with Crippen molar-refractivity contribution in [3.63, 3.8) is 0 Å². The van der Waals surface area contributed by atoms with E-state index in [0.717, 1.165) is 24.9 Å². The predicted molar refractivity (Wildman–Crippen MR) is 69.3 cm³/mol. The largest absolute Gasteiger partial charge is 0.337 e. The van der Waals surface area contributed by atoms with Gasteiger partial charge in [-0.25, -0.2) is 0 Å². The maximum Gasteiger partial charge on any atom is 0.246 e. The first-order valence-electron chi connectivity index (χ1n) is 6.02. The highest BCUT2D eigenvalue weighted by Crippen LogP contribution is 2.30. The molecule has 5 heteroatoms. The van der Waals surface area contributed by atoms with Crippen LogP contribution in [0.2, 0.25) is 5.02 Å². The molecule has 1 aliphatic rings. The highest BCUT2D eigenvalue weighted by atomic mass is 35.5. The Morgan fingerprint density at radius 3 is 2.78 bits per heavy atom. The van der Waals surface area contributed by atoms with Gasteiger partial charge in [0, 0.05) is 10.6 Å². The van der Waals surface area contributed by atoms with Crippen molar-refractivity contribution in [2.75, 3.05) is 6.54 Å². The van der Waals surface area contributed by atoms with Gasteiger partial charge in [0.25, 0.3) is 0 Å². The van der Waals surface area contributed by atoms with E-state index in [1.165, 1.54) is 0 Å². The molecule has 1 aromatic heterocycles. The van der Waals surface area contributed by atoms with E-state index >= 15 is 0 Å². The number of nitrogens with zero attached hydrogens (tertiary/aromatic N) is 2. The lowest BCUT2D eigenvalue weighted by Crippen LogP contribution is -2.33. The Bertz CT molecular complexity index is 544. The smallest absolute Gasteiger partial charge is 0.246 e. The molecule has 0 aliphatic carbocycles. The van der Waals surface area contributed by atoms with Gasteiger partial charge in [0.05, 0.1) is 5.54 Å². The van der Waals surface area contributed by atoms with Crippen molar-refractivity contribution in [2.45, 2.75) is 25.3 Å². The maximum atomic E-state index is 5.86. The van der Waals surface area contributed by atoms with Gasteiger partial charge in [-0.2, -0.15) is 4.98 Å². The summed E-state index contributed by atoms with van der Waals surface area (Å²) in [6.45, 7) is 3.09. The number of nitrogens with one attached hydrogen (secondary N) is 1. The van der Waals surface area contributed by atoms with Gasteiger partial charge >= 0.3 is 0 Å². The molecular weight excluding hydrogens is 250 g/mol. The number of benzene rings is 1. The topological polar surface area (TPSA) is 51.0 Å². The van der Waals surface area contributed by atoms with Crippen molar-refractivity contribution in [3.8, 4) is 11.4 Å². The highest BCUT2D eigenvalue weighted by Gasteiger charge is 2.35. The Labute approximate surface area is 110 Å². The number of hydrogen-bond acceptors (Lipinski definition) is 4. The van der Waals surface area contributed by atoms with Crippen molar-refractivity contribution in [2.24, 2.45) is 0 Å². The Hall–Kier alpha value is -1.39. The van der Waals surface area contributed by atoms with Crippen LogP contribution in [0.5, 0.6) is 0 Å². The third-order valence-corrected chi connectivity index (χ3v) is 3.62. The van der Waals surface area contributed by atoms with Crippen molar-refractivity contribution in [1.29, 1.82) is 0 Å². The van der Waals surface area contributed by atoms with Crippen LogP contribution < -0.4 is 5.32 Å². The molecule has 0 radical (unpaired) electrons. The predicted octanol–water partition coefficient (Wildman–Crippen LogP) is 2.99. The van der Waals surface area contributed by atoms with Crippen LogP contribution in [-0.2, 0) is 5.54 Å². The van der Waals surface area contributed by atoms with Crippen LogP contribution in [0.1, 0.15) is 25.7 Å². The number of rotatable bonds is 2. The van der Waals surface area contributed by atoms with Crippen LogP contribution in [0.3, 0.4) is 0 Å². The third-order valence-electron chi connectivity index (χ3n) is 3.37. The van der Waals surface area contributed by atoms with E-state index in [4.69, 9.17) is 16.1 Å². The Morgan fingerprint density at radius 1 is 1.33 bits per heavy atom. The minimum absolute atomic E-state index is 0.183. The zero-order valence-electron chi connectivity index (χ0n) is 10.1. The molecule has 1 fully saturated rings. The van der Waals surface area contributed by atoms with Crippen LogP contribution in [0, 0.1) is 0 Å². The molecule has 0 bridgehead atoms. The van der Waals surface area contributed by atoms with E-state index < -0.39 is 0 Å². The van der Waals surface area contributed by atoms with Crippen molar-refractivity contribution >= 4 is 11.6 Å². The fourth-order valence-corrected chi connectivity index (χ4v) is 2.37. The van der Waals surface area contributed by atoms with Gasteiger partial charge in [-0.3, -0.25) is 0 Å². The Kier molecular flexibility index (Phi) is 2.84. The second kappa shape index (κ2) is 4.37. The Balaban J connectivity index is 1.91. The Morgan fingerprint density at radius 2 is 2.11 bits per heavy atom. The molecule has 2 aromatic rings. The van der Waals surface area contributed by atoms with Crippen LogP contribution in [0.4, 0.5) is 0 Å². The van der Waals surface area contributed by atoms with E-state index in [1.807, 2.05) is 24.3 Å². The summed E-state index contributed by atoms with van der Waals surface area (Å²) in [5, 5.41) is 8.14. The van der Waals surface area contributed by atoms with E-state index in [1.54, 1.807) is 0 Å².